The van der Waals surface area contributed by atoms with E-state index in [4.69, 9.17) is 0 Å². The Morgan fingerprint density at radius 3 is 2.65 bits per heavy atom. The summed E-state index contributed by atoms with van der Waals surface area (Å²) in [6.45, 7) is 2.12. The number of nitrogens with one attached hydrogen (secondary N) is 1. The van der Waals surface area contributed by atoms with Gasteiger partial charge in [-0.05, 0) is 19.5 Å². The quantitative estimate of drug-likeness (QED) is 0.858. The highest BCUT2D eigenvalue weighted by molar-refractivity contribution is 5.25. The molecule has 0 radical (unpaired) electrons. The van der Waals surface area contributed by atoms with E-state index in [9.17, 15) is 0 Å². The van der Waals surface area contributed by atoms with Crippen molar-refractivity contribution >= 4 is 0 Å². The molecule has 5 nitrogen and oxygen atoms in total. The maximum atomic E-state index is 4.48. The zero-order chi connectivity index (χ0) is 12.4. The van der Waals surface area contributed by atoms with Gasteiger partial charge in [-0.1, -0.05) is 6.92 Å². The molecule has 0 aliphatic heterocycles. The SMILES string of the molecule is CCc1cc(C(NC)c2cnn(C)c2)n(C)n1. The minimum Gasteiger partial charge on any atom is -0.308 e. The van der Waals surface area contributed by atoms with Crippen molar-refractivity contribution in [3.05, 3.63) is 35.4 Å². The maximum Gasteiger partial charge on any atom is 0.0776 e. The van der Waals surface area contributed by atoms with Gasteiger partial charge in [-0.3, -0.25) is 9.36 Å². The number of aryl methyl sites for hydroxylation is 3. The van der Waals surface area contributed by atoms with E-state index in [1.807, 2.05) is 42.9 Å². The summed E-state index contributed by atoms with van der Waals surface area (Å²) >= 11 is 0. The Kier molecular flexibility index (Phi) is 3.28. The van der Waals surface area contributed by atoms with Gasteiger partial charge in [0.2, 0.25) is 0 Å². The molecule has 0 fully saturated rings. The van der Waals surface area contributed by atoms with Crippen LogP contribution in [0.15, 0.2) is 18.5 Å². The lowest BCUT2D eigenvalue weighted by molar-refractivity contribution is 0.603. The molecule has 5 heteroatoms. The molecule has 0 aromatic carbocycles. The second-order valence-corrected chi connectivity index (χ2v) is 4.21. The summed E-state index contributed by atoms with van der Waals surface area (Å²) in [5.74, 6) is 0. The van der Waals surface area contributed by atoms with Crippen LogP contribution in [0.5, 0.6) is 0 Å². The summed E-state index contributed by atoms with van der Waals surface area (Å²) in [7, 11) is 5.86. The van der Waals surface area contributed by atoms with Crippen LogP contribution in [0.3, 0.4) is 0 Å². The van der Waals surface area contributed by atoms with E-state index in [0.717, 1.165) is 23.4 Å². The van der Waals surface area contributed by atoms with Gasteiger partial charge in [0.1, 0.15) is 0 Å². The Hall–Kier alpha value is -1.62. The molecule has 0 aliphatic carbocycles. The summed E-state index contributed by atoms with van der Waals surface area (Å²) in [4.78, 5) is 0. The number of hydrogen-bond acceptors (Lipinski definition) is 3. The van der Waals surface area contributed by atoms with Gasteiger partial charge in [-0.2, -0.15) is 10.2 Å². The van der Waals surface area contributed by atoms with Gasteiger partial charge < -0.3 is 5.32 Å². The Labute approximate surface area is 101 Å². The number of rotatable bonds is 4. The third kappa shape index (κ3) is 2.24. The minimum atomic E-state index is 0.140. The molecule has 2 heterocycles. The summed E-state index contributed by atoms with van der Waals surface area (Å²) < 4.78 is 3.75. The van der Waals surface area contributed by atoms with E-state index in [1.54, 1.807) is 0 Å². The standard InChI is InChI=1S/C12H19N5/c1-5-10-6-11(17(4)15-10)12(13-2)9-7-14-16(3)8-9/h6-8,12-13H,5H2,1-4H3. The molecular weight excluding hydrogens is 214 g/mol. The van der Waals surface area contributed by atoms with Gasteiger partial charge in [0.05, 0.1) is 23.6 Å². The average molecular weight is 233 g/mol. The second-order valence-electron chi connectivity index (χ2n) is 4.21. The Morgan fingerprint density at radius 1 is 1.41 bits per heavy atom. The highest BCUT2D eigenvalue weighted by atomic mass is 15.3. The molecule has 1 unspecified atom stereocenters. The molecule has 2 aromatic rings. The van der Waals surface area contributed by atoms with E-state index in [1.165, 1.54) is 0 Å². The zero-order valence-electron chi connectivity index (χ0n) is 10.8. The van der Waals surface area contributed by atoms with Gasteiger partial charge in [0, 0.05) is 25.9 Å². The molecule has 0 amide bonds. The number of nitrogens with zero attached hydrogens (tertiary/aromatic N) is 4. The smallest absolute Gasteiger partial charge is 0.0776 e. The van der Waals surface area contributed by atoms with Gasteiger partial charge in [0.15, 0.2) is 0 Å². The monoisotopic (exact) mass is 233 g/mol. The first-order valence-corrected chi connectivity index (χ1v) is 5.84. The van der Waals surface area contributed by atoms with E-state index in [0.29, 0.717) is 0 Å². The van der Waals surface area contributed by atoms with Gasteiger partial charge in [0.25, 0.3) is 0 Å². The van der Waals surface area contributed by atoms with Crippen molar-refractivity contribution in [2.24, 2.45) is 14.1 Å². The van der Waals surface area contributed by atoms with Crippen molar-refractivity contribution in [2.75, 3.05) is 7.05 Å². The molecule has 92 valence electrons. The van der Waals surface area contributed by atoms with Gasteiger partial charge in [-0.25, -0.2) is 0 Å². The fraction of sp³-hybridized carbons (Fsp3) is 0.500. The lowest BCUT2D eigenvalue weighted by atomic mass is 10.1. The lowest BCUT2D eigenvalue weighted by Gasteiger charge is -2.14. The average Bonchev–Trinajstić information content (AvgIpc) is 2.88. The highest BCUT2D eigenvalue weighted by Gasteiger charge is 2.18. The van der Waals surface area contributed by atoms with Crippen molar-refractivity contribution in [1.82, 2.24) is 24.9 Å². The second kappa shape index (κ2) is 4.71. The third-order valence-corrected chi connectivity index (χ3v) is 2.97. The molecule has 1 atom stereocenters. The van der Waals surface area contributed by atoms with Crippen LogP contribution in [0.1, 0.15) is 29.9 Å². The molecule has 2 rings (SSSR count). The van der Waals surface area contributed by atoms with E-state index in [2.05, 4.69) is 28.5 Å². The van der Waals surface area contributed by atoms with E-state index in [-0.39, 0.29) is 6.04 Å². The first-order valence-electron chi connectivity index (χ1n) is 5.84. The highest BCUT2D eigenvalue weighted by Crippen LogP contribution is 2.21. The van der Waals surface area contributed by atoms with Crippen LogP contribution in [0, 0.1) is 0 Å². The summed E-state index contributed by atoms with van der Waals surface area (Å²) in [5, 5.41) is 12.0. The minimum absolute atomic E-state index is 0.140. The lowest BCUT2D eigenvalue weighted by Crippen LogP contribution is -2.20. The summed E-state index contributed by atoms with van der Waals surface area (Å²) in [5.41, 5.74) is 3.43. The predicted molar refractivity (Wildman–Crippen MR) is 66.7 cm³/mol. The van der Waals surface area contributed by atoms with Crippen molar-refractivity contribution in [1.29, 1.82) is 0 Å². The van der Waals surface area contributed by atoms with Crippen LogP contribution in [-0.2, 0) is 20.5 Å². The molecule has 17 heavy (non-hydrogen) atoms. The van der Waals surface area contributed by atoms with Crippen molar-refractivity contribution in [2.45, 2.75) is 19.4 Å². The summed E-state index contributed by atoms with van der Waals surface area (Å²) in [6.07, 6.45) is 4.87. The van der Waals surface area contributed by atoms with Crippen LogP contribution >= 0.6 is 0 Å². The Morgan fingerprint density at radius 2 is 2.18 bits per heavy atom. The fourth-order valence-corrected chi connectivity index (χ4v) is 2.06. The normalized spacial score (nSPS) is 12.9. The van der Waals surface area contributed by atoms with Crippen LogP contribution in [-0.4, -0.2) is 26.6 Å². The molecule has 1 N–H and O–H groups in total. The third-order valence-electron chi connectivity index (χ3n) is 2.97. The first kappa shape index (κ1) is 11.9. The topological polar surface area (TPSA) is 47.7 Å². The Bertz CT molecular complexity index is 497. The summed E-state index contributed by atoms with van der Waals surface area (Å²) in [6, 6.07) is 2.29. The predicted octanol–water partition coefficient (Wildman–Crippen LogP) is 1.02. The van der Waals surface area contributed by atoms with E-state index < -0.39 is 0 Å². The molecule has 0 saturated heterocycles. The number of aromatic nitrogens is 4. The van der Waals surface area contributed by atoms with Crippen molar-refractivity contribution < 1.29 is 0 Å². The van der Waals surface area contributed by atoms with Crippen LogP contribution in [0.2, 0.25) is 0 Å². The van der Waals surface area contributed by atoms with Crippen molar-refractivity contribution in [3.63, 3.8) is 0 Å². The largest absolute Gasteiger partial charge is 0.308 e. The fourth-order valence-electron chi connectivity index (χ4n) is 2.06. The molecule has 0 aliphatic rings. The van der Waals surface area contributed by atoms with Crippen LogP contribution < -0.4 is 5.32 Å². The van der Waals surface area contributed by atoms with Gasteiger partial charge >= 0.3 is 0 Å². The van der Waals surface area contributed by atoms with Crippen LogP contribution in [0.25, 0.3) is 0 Å². The Balaban J connectivity index is 2.37. The maximum absolute atomic E-state index is 4.48. The zero-order valence-corrected chi connectivity index (χ0v) is 10.8. The van der Waals surface area contributed by atoms with Crippen molar-refractivity contribution in [3.8, 4) is 0 Å². The molecular formula is C12H19N5. The van der Waals surface area contributed by atoms with Gasteiger partial charge in [-0.15, -0.1) is 0 Å². The van der Waals surface area contributed by atoms with E-state index >= 15 is 0 Å². The molecule has 0 saturated carbocycles. The molecule has 0 spiro atoms. The molecule has 0 bridgehead atoms. The van der Waals surface area contributed by atoms with Crippen LogP contribution in [0.4, 0.5) is 0 Å². The molecule has 2 aromatic heterocycles. The number of hydrogen-bond donors (Lipinski definition) is 1. The first-order chi connectivity index (χ1) is 8.15.